The molecule has 0 saturated carbocycles. The van der Waals surface area contributed by atoms with E-state index < -0.39 is 35.4 Å². The van der Waals surface area contributed by atoms with Gasteiger partial charge in [0.1, 0.15) is 23.5 Å². The zero-order valence-corrected chi connectivity index (χ0v) is 23.9. The zero-order chi connectivity index (χ0) is 28.7. The summed E-state index contributed by atoms with van der Waals surface area (Å²) in [4.78, 5) is 29.6. The van der Waals surface area contributed by atoms with Crippen molar-refractivity contribution in [2.75, 3.05) is 7.11 Å². The van der Waals surface area contributed by atoms with Gasteiger partial charge in [-0.15, -0.1) is 0 Å². The van der Waals surface area contributed by atoms with Gasteiger partial charge >= 0.3 is 5.97 Å². The number of carbonyl (C=O) groups is 2. The highest BCUT2D eigenvalue weighted by Crippen LogP contribution is 2.36. The lowest BCUT2D eigenvalue weighted by Crippen LogP contribution is -2.48. The number of hydrogen-bond donors (Lipinski definition) is 2. The number of pyridine rings is 1. The van der Waals surface area contributed by atoms with E-state index in [4.69, 9.17) is 37.4 Å². The summed E-state index contributed by atoms with van der Waals surface area (Å²) in [6.45, 7) is 7.08. The standard InChI is InChI=1S/C29H32Cl2N2O6/c1-17(33-27(35)25-26(34)24(37-5)13-14-32-25)28(36)38-18(2)21(15-19-9-7-6-8-10-19)29(3,4)39-23-12-11-20(30)16-22(23)31/h6-14,16-18,21,34H,15H2,1-5H3,(H,33,35)/t17?,18-,21-/m0/s1. The van der Waals surface area contributed by atoms with Gasteiger partial charge in [0.05, 0.1) is 12.1 Å². The third-order valence-corrected chi connectivity index (χ3v) is 6.88. The maximum Gasteiger partial charge on any atom is 0.328 e. The number of aromatic nitrogens is 1. The molecule has 1 unspecified atom stereocenters. The number of hydrogen-bond acceptors (Lipinski definition) is 7. The second-order valence-electron chi connectivity index (χ2n) is 9.62. The highest BCUT2D eigenvalue weighted by atomic mass is 35.5. The van der Waals surface area contributed by atoms with Crippen molar-refractivity contribution in [2.45, 2.75) is 51.9 Å². The molecule has 208 valence electrons. The molecule has 1 amide bonds. The van der Waals surface area contributed by atoms with Gasteiger partial charge in [0, 0.05) is 23.2 Å². The van der Waals surface area contributed by atoms with E-state index in [2.05, 4.69) is 10.3 Å². The monoisotopic (exact) mass is 574 g/mol. The average molecular weight is 575 g/mol. The van der Waals surface area contributed by atoms with E-state index in [0.29, 0.717) is 22.2 Å². The smallest absolute Gasteiger partial charge is 0.328 e. The van der Waals surface area contributed by atoms with E-state index in [9.17, 15) is 14.7 Å². The molecule has 3 aromatic rings. The highest BCUT2D eigenvalue weighted by Gasteiger charge is 2.39. The Morgan fingerprint density at radius 1 is 1.05 bits per heavy atom. The predicted octanol–water partition coefficient (Wildman–Crippen LogP) is 5.87. The van der Waals surface area contributed by atoms with E-state index in [-0.39, 0.29) is 17.4 Å². The number of rotatable bonds is 11. The van der Waals surface area contributed by atoms with E-state index in [0.717, 1.165) is 5.56 Å². The third kappa shape index (κ3) is 7.77. The molecule has 2 aromatic carbocycles. The Kier molecular flexibility index (Phi) is 10.1. The number of carbonyl (C=O) groups excluding carboxylic acids is 2. The largest absolute Gasteiger partial charge is 0.503 e. The third-order valence-electron chi connectivity index (χ3n) is 6.35. The normalized spacial score (nSPS) is 13.6. The topological polar surface area (TPSA) is 107 Å². The summed E-state index contributed by atoms with van der Waals surface area (Å²) in [6, 6.07) is 15.2. The van der Waals surface area contributed by atoms with Crippen molar-refractivity contribution in [3.8, 4) is 17.2 Å². The van der Waals surface area contributed by atoms with Crippen molar-refractivity contribution in [1.82, 2.24) is 10.3 Å². The van der Waals surface area contributed by atoms with Gasteiger partial charge in [0.15, 0.2) is 17.2 Å². The summed E-state index contributed by atoms with van der Waals surface area (Å²) in [7, 11) is 1.36. The van der Waals surface area contributed by atoms with Crippen LogP contribution in [0.1, 0.15) is 43.7 Å². The Morgan fingerprint density at radius 3 is 2.38 bits per heavy atom. The first-order valence-corrected chi connectivity index (χ1v) is 13.1. The summed E-state index contributed by atoms with van der Waals surface area (Å²) in [5.74, 6) is -1.60. The minimum Gasteiger partial charge on any atom is -0.503 e. The fourth-order valence-electron chi connectivity index (χ4n) is 4.22. The lowest BCUT2D eigenvalue weighted by atomic mass is 9.81. The number of ether oxygens (including phenoxy) is 3. The fraction of sp³-hybridized carbons (Fsp3) is 0.345. The van der Waals surface area contributed by atoms with Crippen molar-refractivity contribution in [3.05, 3.63) is 82.1 Å². The Balaban J connectivity index is 1.77. The van der Waals surface area contributed by atoms with Crippen LogP contribution in [0.15, 0.2) is 60.8 Å². The molecule has 0 spiro atoms. The van der Waals surface area contributed by atoms with E-state index in [1.165, 1.54) is 26.3 Å². The molecule has 0 aliphatic heterocycles. The van der Waals surface area contributed by atoms with Crippen LogP contribution in [-0.4, -0.2) is 46.8 Å². The van der Waals surface area contributed by atoms with Crippen molar-refractivity contribution < 1.29 is 28.9 Å². The molecule has 2 N–H and O–H groups in total. The molecule has 8 nitrogen and oxygen atoms in total. The van der Waals surface area contributed by atoms with Crippen LogP contribution in [-0.2, 0) is 16.0 Å². The van der Waals surface area contributed by atoms with Crippen LogP contribution in [0.25, 0.3) is 0 Å². The Morgan fingerprint density at radius 2 is 1.74 bits per heavy atom. The molecule has 0 radical (unpaired) electrons. The zero-order valence-electron chi connectivity index (χ0n) is 22.4. The number of amides is 1. The van der Waals surface area contributed by atoms with Crippen LogP contribution in [0.4, 0.5) is 0 Å². The molecule has 1 aromatic heterocycles. The first-order chi connectivity index (χ1) is 18.4. The number of methoxy groups -OCH3 is 1. The van der Waals surface area contributed by atoms with Crippen LogP contribution >= 0.6 is 23.2 Å². The van der Waals surface area contributed by atoms with Gasteiger partial charge in [-0.1, -0.05) is 53.5 Å². The van der Waals surface area contributed by atoms with Gasteiger partial charge in [-0.05, 0) is 57.9 Å². The lowest BCUT2D eigenvalue weighted by Gasteiger charge is -2.38. The number of esters is 1. The van der Waals surface area contributed by atoms with E-state index >= 15 is 0 Å². The molecule has 0 fully saturated rings. The van der Waals surface area contributed by atoms with Gasteiger partial charge in [0.2, 0.25) is 0 Å². The summed E-state index contributed by atoms with van der Waals surface area (Å²) >= 11 is 12.4. The Hall–Kier alpha value is -3.49. The van der Waals surface area contributed by atoms with Crippen molar-refractivity contribution in [2.24, 2.45) is 5.92 Å². The lowest BCUT2D eigenvalue weighted by molar-refractivity contribution is -0.156. The molecule has 3 rings (SSSR count). The summed E-state index contributed by atoms with van der Waals surface area (Å²) in [6.07, 6.45) is 1.24. The van der Waals surface area contributed by atoms with Crippen LogP contribution in [0.5, 0.6) is 17.2 Å². The second-order valence-corrected chi connectivity index (χ2v) is 10.5. The first-order valence-electron chi connectivity index (χ1n) is 12.3. The van der Waals surface area contributed by atoms with Gasteiger partial charge in [0.25, 0.3) is 5.91 Å². The van der Waals surface area contributed by atoms with Crippen LogP contribution < -0.4 is 14.8 Å². The number of nitrogens with zero attached hydrogens (tertiary/aromatic N) is 1. The van der Waals surface area contributed by atoms with Crippen molar-refractivity contribution >= 4 is 35.1 Å². The quantitative estimate of drug-likeness (QED) is 0.276. The maximum atomic E-state index is 13.0. The molecule has 0 bridgehead atoms. The van der Waals surface area contributed by atoms with Gasteiger partial charge in [-0.2, -0.15) is 0 Å². The molecular formula is C29H32Cl2N2O6. The average Bonchev–Trinajstić information content (AvgIpc) is 2.89. The second kappa shape index (κ2) is 13.0. The van der Waals surface area contributed by atoms with Crippen LogP contribution in [0, 0.1) is 5.92 Å². The van der Waals surface area contributed by atoms with Crippen molar-refractivity contribution in [1.29, 1.82) is 0 Å². The number of nitrogens with one attached hydrogen (secondary N) is 1. The predicted molar refractivity (Wildman–Crippen MR) is 150 cm³/mol. The number of benzene rings is 2. The molecule has 3 atom stereocenters. The van der Waals surface area contributed by atoms with Gasteiger partial charge < -0.3 is 24.6 Å². The van der Waals surface area contributed by atoms with E-state index in [1.54, 1.807) is 25.1 Å². The number of aromatic hydroxyl groups is 1. The maximum absolute atomic E-state index is 13.0. The summed E-state index contributed by atoms with van der Waals surface area (Å²) < 4.78 is 17.2. The Labute approximate surface area is 238 Å². The van der Waals surface area contributed by atoms with E-state index in [1.807, 2.05) is 44.2 Å². The van der Waals surface area contributed by atoms with Crippen LogP contribution in [0.2, 0.25) is 10.0 Å². The molecular weight excluding hydrogens is 543 g/mol. The van der Waals surface area contributed by atoms with Gasteiger partial charge in [-0.3, -0.25) is 4.79 Å². The van der Waals surface area contributed by atoms with Crippen molar-refractivity contribution in [3.63, 3.8) is 0 Å². The summed E-state index contributed by atoms with van der Waals surface area (Å²) in [5.41, 5.74) is -0.0703. The number of halogens is 2. The molecule has 1 heterocycles. The minimum atomic E-state index is -1.03. The Bertz CT molecular complexity index is 1300. The first kappa shape index (κ1) is 30.1. The minimum absolute atomic E-state index is 0.0887. The molecule has 0 saturated heterocycles. The molecule has 39 heavy (non-hydrogen) atoms. The SMILES string of the molecule is COc1ccnc(C(=O)NC(C)C(=O)O[C@@H](C)[C@H](Cc2ccccc2)C(C)(C)Oc2ccc(Cl)cc2Cl)c1O. The molecule has 0 aliphatic carbocycles. The summed E-state index contributed by atoms with van der Waals surface area (Å²) in [5, 5.41) is 13.6. The highest BCUT2D eigenvalue weighted by molar-refractivity contribution is 6.35. The fourth-order valence-corrected chi connectivity index (χ4v) is 4.67. The van der Waals surface area contributed by atoms with Crippen LogP contribution in [0.3, 0.4) is 0 Å². The van der Waals surface area contributed by atoms with Gasteiger partial charge in [-0.25, -0.2) is 9.78 Å². The molecule has 10 heteroatoms. The molecule has 0 aliphatic rings.